The SMILES string of the molecule is CC(=O)c1csc(NC(=O)c2cccc(OCc3cscn3)c2)n1. The smallest absolute Gasteiger partial charge is 0.257 e. The second-order valence-electron chi connectivity index (χ2n) is 4.84. The minimum Gasteiger partial charge on any atom is -0.487 e. The highest BCUT2D eigenvalue weighted by Crippen LogP contribution is 2.19. The predicted octanol–water partition coefficient (Wildman–Crippen LogP) is 3.63. The topological polar surface area (TPSA) is 81.2 Å². The van der Waals surface area contributed by atoms with E-state index in [0.29, 0.717) is 28.7 Å². The third kappa shape index (κ3) is 4.03. The minimum absolute atomic E-state index is 0.135. The van der Waals surface area contributed by atoms with Gasteiger partial charge in [-0.3, -0.25) is 14.9 Å². The van der Waals surface area contributed by atoms with Gasteiger partial charge >= 0.3 is 0 Å². The number of hydrogen-bond donors (Lipinski definition) is 1. The van der Waals surface area contributed by atoms with Crippen molar-refractivity contribution in [2.45, 2.75) is 13.5 Å². The Morgan fingerprint density at radius 1 is 1.29 bits per heavy atom. The zero-order chi connectivity index (χ0) is 16.9. The summed E-state index contributed by atoms with van der Waals surface area (Å²) in [5.74, 6) is 0.141. The molecular formula is C16H13N3O3S2. The highest BCUT2D eigenvalue weighted by Gasteiger charge is 2.11. The summed E-state index contributed by atoms with van der Waals surface area (Å²) in [6, 6.07) is 6.86. The number of Topliss-reactive ketones (excluding diaryl/α,β-unsaturated/α-hetero) is 1. The molecule has 0 unspecified atom stereocenters. The van der Waals surface area contributed by atoms with Gasteiger partial charge in [0.05, 0.1) is 11.2 Å². The van der Waals surface area contributed by atoms with Crippen LogP contribution in [0.2, 0.25) is 0 Å². The van der Waals surface area contributed by atoms with Crippen molar-refractivity contribution >= 4 is 39.5 Å². The molecule has 0 fully saturated rings. The summed E-state index contributed by atoms with van der Waals surface area (Å²) in [5.41, 5.74) is 3.38. The van der Waals surface area contributed by atoms with Gasteiger partial charge in [0.2, 0.25) is 0 Å². The van der Waals surface area contributed by atoms with Crippen molar-refractivity contribution in [1.29, 1.82) is 0 Å². The quantitative estimate of drug-likeness (QED) is 0.680. The van der Waals surface area contributed by atoms with Crippen molar-refractivity contribution in [3.63, 3.8) is 0 Å². The summed E-state index contributed by atoms with van der Waals surface area (Å²) in [6.07, 6.45) is 0. The molecule has 24 heavy (non-hydrogen) atoms. The first-order valence-corrected chi connectivity index (χ1v) is 8.82. The molecule has 0 bridgehead atoms. The van der Waals surface area contributed by atoms with Crippen molar-refractivity contribution < 1.29 is 14.3 Å². The van der Waals surface area contributed by atoms with Crippen LogP contribution in [0.1, 0.15) is 33.5 Å². The van der Waals surface area contributed by atoms with E-state index in [2.05, 4.69) is 15.3 Å². The van der Waals surface area contributed by atoms with E-state index in [1.165, 1.54) is 29.6 Å². The van der Waals surface area contributed by atoms with E-state index >= 15 is 0 Å². The molecule has 0 atom stereocenters. The number of hydrogen-bond acceptors (Lipinski definition) is 7. The van der Waals surface area contributed by atoms with Crippen molar-refractivity contribution in [1.82, 2.24) is 9.97 Å². The summed E-state index contributed by atoms with van der Waals surface area (Å²) in [7, 11) is 0. The minimum atomic E-state index is -0.307. The maximum absolute atomic E-state index is 12.3. The zero-order valence-electron chi connectivity index (χ0n) is 12.7. The monoisotopic (exact) mass is 359 g/mol. The van der Waals surface area contributed by atoms with Gasteiger partial charge in [-0.15, -0.1) is 22.7 Å². The molecule has 0 radical (unpaired) electrons. The number of carbonyl (C=O) groups is 2. The number of anilines is 1. The van der Waals surface area contributed by atoms with E-state index in [9.17, 15) is 9.59 Å². The molecule has 3 rings (SSSR count). The summed E-state index contributed by atoms with van der Waals surface area (Å²) >= 11 is 2.71. The fourth-order valence-corrected chi connectivity index (χ4v) is 3.14. The van der Waals surface area contributed by atoms with Crippen LogP contribution in [0, 0.1) is 0 Å². The van der Waals surface area contributed by atoms with Crippen molar-refractivity contribution in [2.24, 2.45) is 0 Å². The number of amides is 1. The number of ketones is 1. The van der Waals surface area contributed by atoms with Gasteiger partial charge in [0.25, 0.3) is 5.91 Å². The number of ether oxygens (including phenoxy) is 1. The maximum atomic E-state index is 12.3. The lowest BCUT2D eigenvalue weighted by Gasteiger charge is -2.06. The lowest BCUT2D eigenvalue weighted by atomic mass is 10.2. The Bertz CT molecular complexity index is 859. The van der Waals surface area contributed by atoms with Gasteiger partial charge < -0.3 is 4.74 Å². The van der Waals surface area contributed by atoms with Crippen LogP contribution in [0.5, 0.6) is 5.75 Å². The standard InChI is InChI=1S/C16H13N3O3S2/c1-10(20)14-8-24-16(18-14)19-15(21)11-3-2-4-13(5-11)22-6-12-7-23-9-17-12/h2-5,7-9H,6H2,1H3,(H,18,19,21). The number of rotatable bonds is 6. The van der Waals surface area contributed by atoms with Crippen LogP contribution in [0.3, 0.4) is 0 Å². The Kier molecular flexibility index (Phi) is 4.97. The first-order valence-electron chi connectivity index (χ1n) is 6.99. The first kappa shape index (κ1) is 16.3. The first-order chi connectivity index (χ1) is 11.6. The van der Waals surface area contributed by atoms with Crippen molar-refractivity contribution in [3.8, 4) is 5.75 Å². The van der Waals surface area contributed by atoms with Crippen molar-refractivity contribution in [3.05, 3.63) is 57.5 Å². The molecule has 1 N–H and O–H groups in total. The molecule has 8 heteroatoms. The molecule has 0 aliphatic rings. The van der Waals surface area contributed by atoms with Crippen LogP contribution in [0.15, 0.2) is 40.5 Å². The number of thiazole rings is 2. The van der Waals surface area contributed by atoms with E-state index < -0.39 is 0 Å². The fraction of sp³-hybridized carbons (Fsp3) is 0.125. The van der Waals surface area contributed by atoms with Crippen molar-refractivity contribution in [2.75, 3.05) is 5.32 Å². The average molecular weight is 359 g/mol. The van der Waals surface area contributed by atoms with E-state index in [4.69, 9.17) is 4.74 Å². The summed E-state index contributed by atoms with van der Waals surface area (Å²) in [4.78, 5) is 31.7. The Hall–Kier alpha value is -2.58. The lowest BCUT2D eigenvalue weighted by molar-refractivity contribution is 0.100. The van der Waals surface area contributed by atoms with Crippen LogP contribution in [0.25, 0.3) is 0 Å². The number of nitrogens with one attached hydrogen (secondary N) is 1. The van der Waals surface area contributed by atoms with Crippen LogP contribution >= 0.6 is 22.7 Å². The largest absolute Gasteiger partial charge is 0.487 e. The maximum Gasteiger partial charge on any atom is 0.257 e. The molecule has 3 aromatic rings. The van der Waals surface area contributed by atoms with Gasteiger partial charge in [-0.05, 0) is 18.2 Å². The molecule has 2 aromatic heterocycles. The van der Waals surface area contributed by atoms with Crippen LogP contribution in [-0.4, -0.2) is 21.7 Å². The summed E-state index contributed by atoms with van der Waals surface area (Å²) in [5, 5.41) is 6.59. The molecule has 0 saturated heterocycles. The second-order valence-corrected chi connectivity index (χ2v) is 6.42. The molecule has 0 spiro atoms. The van der Waals surface area contributed by atoms with Gasteiger partial charge in [0.1, 0.15) is 18.1 Å². The molecule has 0 aliphatic carbocycles. The van der Waals surface area contributed by atoms with E-state index in [0.717, 1.165) is 5.69 Å². The lowest BCUT2D eigenvalue weighted by Crippen LogP contribution is -2.12. The van der Waals surface area contributed by atoms with Gasteiger partial charge in [0.15, 0.2) is 10.9 Å². The third-order valence-electron chi connectivity index (χ3n) is 3.05. The average Bonchev–Trinajstić information content (AvgIpc) is 3.25. The number of carbonyl (C=O) groups excluding carboxylic acids is 2. The number of benzene rings is 1. The summed E-state index contributed by atoms with van der Waals surface area (Å²) < 4.78 is 5.63. The molecule has 6 nitrogen and oxygen atoms in total. The van der Waals surface area contributed by atoms with Crippen LogP contribution in [0.4, 0.5) is 5.13 Å². The molecule has 122 valence electrons. The van der Waals surface area contributed by atoms with Gasteiger partial charge in [-0.25, -0.2) is 9.97 Å². The molecular weight excluding hydrogens is 346 g/mol. The fourth-order valence-electron chi connectivity index (χ4n) is 1.86. The molecule has 0 aliphatic heterocycles. The Balaban J connectivity index is 1.65. The number of aromatic nitrogens is 2. The summed E-state index contributed by atoms with van der Waals surface area (Å²) in [6.45, 7) is 1.78. The second kappa shape index (κ2) is 7.33. The van der Waals surface area contributed by atoms with Gasteiger partial charge in [-0.2, -0.15) is 0 Å². The Morgan fingerprint density at radius 3 is 2.88 bits per heavy atom. The van der Waals surface area contributed by atoms with Crippen LogP contribution in [-0.2, 0) is 6.61 Å². The highest BCUT2D eigenvalue weighted by molar-refractivity contribution is 7.14. The Labute approximate surface area is 146 Å². The Morgan fingerprint density at radius 2 is 2.17 bits per heavy atom. The molecule has 0 saturated carbocycles. The highest BCUT2D eigenvalue weighted by atomic mass is 32.1. The molecule has 2 heterocycles. The normalized spacial score (nSPS) is 10.4. The third-order valence-corrected chi connectivity index (χ3v) is 4.44. The van der Waals surface area contributed by atoms with Gasteiger partial charge in [0, 0.05) is 23.2 Å². The zero-order valence-corrected chi connectivity index (χ0v) is 14.3. The van der Waals surface area contributed by atoms with Gasteiger partial charge in [-0.1, -0.05) is 6.07 Å². The predicted molar refractivity (Wildman–Crippen MR) is 93.0 cm³/mol. The van der Waals surface area contributed by atoms with E-state index in [1.807, 2.05) is 5.38 Å². The van der Waals surface area contributed by atoms with E-state index in [-0.39, 0.29) is 11.7 Å². The molecule has 1 amide bonds. The van der Waals surface area contributed by atoms with E-state index in [1.54, 1.807) is 35.2 Å². The number of nitrogens with zero attached hydrogens (tertiary/aromatic N) is 2. The van der Waals surface area contributed by atoms with Crippen LogP contribution < -0.4 is 10.1 Å². The molecule has 1 aromatic carbocycles.